The molecule has 2 aromatic carbocycles. The van der Waals surface area contributed by atoms with Gasteiger partial charge in [0.1, 0.15) is 5.82 Å². The smallest absolute Gasteiger partial charge is 0.257 e. The average Bonchev–Trinajstić information content (AvgIpc) is 2.48. The van der Waals surface area contributed by atoms with E-state index in [1.807, 2.05) is 6.07 Å². The van der Waals surface area contributed by atoms with Gasteiger partial charge in [0.05, 0.1) is 28.6 Å². The van der Waals surface area contributed by atoms with Gasteiger partial charge in [-0.3, -0.25) is 4.79 Å². The van der Waals surface area contributed by atoms with Crippen LogP contribution in [0.3, 0.4) is 0 Å². The molecule has 0 heterocycles. The van der Waals surface area contributed by atoms with Gasteiger partial charge >= 0.3 is 0 Å². The summed E-state index contributed by atoms with van der Waals surface area (Å²) in [5, 5.41) is 14.2. The Morgan fingerprint density at radius 2 is 2.10 bits per heavy atom. The first-order chi connectivity index (χ1) is 10.1. The highest BCUT2D eigenvalue weighted by Crippen LogP contribution is 2.26. The number of halogens is 2. The molecule has 0 atom stereocenters. The third-order valence-electron chi connectivity index (χ3n) is 2.85. The average molecular weight is 348 g/mol. The van der Waals surface area contributed by atoms with E-state index in [9.17, 15) is 9.18 Å². The molecular weight excluding hydrogens is 337 g/mol. The van der Waals surface area contributed by atoms with Crippen LogP contribution in [0.25, 0.3) is 0 Å². The molecule has 0 saturated carbocycles. The number of nitriles is 1. The summed E-state index contributed by atoms with van der Waals surface area (Å²) in [7, 11) is 1.55. The molecule has 0 aliphatic heterocycles. The molecule has 21 heavy (non-hydrogen) atoms. The first kappa shape index (κ1) is 15.0. The Morgan fingerprint density at radius 1 is 1.33 bits per heavy atom. The van der Waals surface area contributed by atoms with E-state index in [0.29, 0.717) is 15.7 Å². The van der Waals surface area contributed by atoms with Crippen molar-refractivity contribution in [3.63, 3.8) is 0 Å². The molecule has 6 heteroatoms. The van der Waals surface area contributed by atoms with Crippen LogP contribution in [0.4, 0.5) is 15.8 Å². The highest BCUT2D eigenvalue weighted by molar-refractivity contribution is 9.10. The minimum absolute atomic E-state index is 0.139. The largest absolute Gasteiger partial charge is 0.385 e. The van der Waals surface area contributed by atoms with Gasteiger partial charge in [-0.05, 0) is 46.3 Å². The van der Waals surface area contributed by atoms with Crippen molar-refractivity contribution in [1.29, 1.82) is 5.26 Å². The van der Waals surface area contributed by atoms with E-state index in [1.165, 1.54) is 18.2 Å². The lowest BCUT2D eigenvalue weighted by Crippen LogP contribution is -2.15. The number of benzene rings is 2. The van der Waals surface area contributed by atoms with Crippen LogP contribution in [-0.4, -0.2) is 13.0 Å². The van der Waals surface area contributed by atoms with E-state index in [1.54, 1.807) is 25.2 Å². The fraction of sp³-hybridized carbons (Fsp3) is 0.0667. The SMILES string of the molecule is CNc1c(F)cccc1C(=O)Nc1ccc(C#N)cc1Br. The Kier molecular flexibility index (Phi) is 4.55. The third kappa shape index (κ3) is 3.20. The van der Waals surface area contributed by atoms with Gasteiger partial charge in [-0.2, -0.15) is 5.26 Å². The third-order valence-corrected chi connectivity index (χ3v) is 3.51. The van der Waals surface area contributed by atoms with Gasteiger partial charge in [-0.25, -0.2) is 4.39 Å². The van der Waals surface area contributed by atoms with Crippen LogP contribution in [0, 0.1) is 17.1 Å². The van der Waals surface area contributed by atoms with Gasteiger partial charge in [0, 0.05) is 11.5 Å². The second-order valence-electron chi connectivity index (χ2n) is 4.17. The predicted molar refractivity (Wildman–Crippen MR) is 82.8 cm³/mol. The number of nitrogens with zero attached hydrogens (tertiary/aromatic N) is 1. The molecule has 0 aliphatic carbocycles. The Labute approximate surface area is 129 Å². The van der Waals surface area contributed by atoms with E-state index < -0.39 is 11.7 Å². The maximum Gasteiger partial charge on any atom is 0.257 e. The highest BCUT2D eigenvalue weighted by atomic mass is 79.9. The van der Waals surface area contributed by atoms with Gasteiger partial charge < -0.3 is 10.6 Å². The number of amides is 1. The number of carbonyl (C=O) groups excluding carboxylic acids is 1. The van der Waals surface area contributed by atoms with Crippen LogP contribution in [0.5, 0.6) is 0 Å². The molecule has 0 fully saturated rings. The van der Waals surface area contributed by atoms with Crippen molar-refractivity contribution in [2.24, 2.45) is 0 Å². The number of hydrogen-bond acceptors (Lipinski definition) is 3. The Hall–Kier alpha value is -2.39. The minimum Gasteiger partial charge on any atom is -0.385 e. The van der Waals surface area contributed by atoms with Crippen LogP contribution in [0.15, 0.2) is 40.9 Å². The lowest BCUT2D eigenvalue weighted by atomic mass is 10.1. The number of hydrogen-bond donors (Lipinski definition) is 2. The van der Waals surface area contributed by atoms with Gasteiger partial charge in [0.2, 0.25) is 0 Å². The molecule has 0 unspecified atom stereocenters. The standard InChI is InChI=1S/C15H11BrFN3O/c1-19-14-10(3-2-4-12(14)17)15(21)20-13-6-5-9(8-18)7-11(13)16/h2-7,19H,1H3,(H,20,21). The van der Waals surface area contributed by atoms with E-state index in [0.717, 1.165) is 0 Å². The molecule has 2 N–H and O–H groups in total. The summed E-state index contributed by atoms with van der Waals surface area (Å²) in [6.07, 6.45) is 0. The second kappa shape index (κ2) is 6.37. The van der Waals surface area contributed by atoms with Crippen molar-refractivity contribution in [3.05, 3.63) is 57.8 Å². The quantitative estimate of drug-likeness (QED) is 0.888. The second-order valence-corrected chi connectivity index (χ2v) is 5.03. The molecule has 0 spiro atoms. The van der Waals surface area contributed by atoms with Crippen molar-refractivity contribution in [3.8, 4) is 6.07 Å². The zero-order chi connectivity index (χ0) is 15.4. The molecule has 0 aromatic heterocycles. The van der Waals surface area contributed by atoms with E-state index in [-0.39, 0.29) is 11.3 Å². The Balaban J connectivity index is 2.31. The number of carbonyl (C=O) groups is 1. The molecule has 0 bridgehead atoms. The maximum absolute atomic E-state index is 13.6. The van der Waals surface area contributed by atoms with E-state index in [4.69, 9.17) is 5.26 Å². The summed E-state index contributed by atoms with van der Waals surface area (Å²) >= 11 is 3.28. The summed E-state index contributed by atoms with van der Waals surface area (Å²) < 4.78 is 14.2. The van der Waals surface area contributed by atoms with E-state index in [2.05, 4.69) is 26.6 Å². The molecule has 0 radical (unpaired) electrons. The van der Waals surface area contributed by atoms with Crippen LogP contribution in [-0.2, 0) is 0 Å². The lowest BCUT2D eigenvalue weighted by Gasteiger charge is -2.11. The zero-order valence-corrected chi connectivity index (χ0v) is 12.7. The molecule has 1 amide bonds. The normalized spacial score (nSPS) is 9.81. The molecule has 0 aliphatic rings. The van der Waals surface area contributed by atoms with Crippen LogP contribution < -0.4 is 10.6 Å². The van der Waals surface area contributed by atoms with Crippen molar-refractivity contribution in [1.82, 2.24) is 0 Å². The van der Waals surface area contributed by atoms with Crippen molar-refractivity contribution in [2.75, 3.05) is 17.7 Å². The van der Waals surface area contributed by atoms with Gasteiger partial charge in [-0.1, -0.05) is 6.07 Å². The molecule has 4 nitrogen and oxygen atoms in total. The number of nitrogens with one attached hydrogen (secondary N) is 2. The van der Waals surface area contributed by atoms with Crippen LogP contribution in [0.1, 0.15) is 15.9 Å². The zero-order valence-electron chi connectivity index (χ0n) is 11.1. The molecule has 2 rings (SSSR count). The fourth-order valence-electron chi connectivity index (χ4n) is 1.84. The number of anilines is 2. The monoisotopic (exact) mass is 347 g/mol. The number of para-hydroxylation sites is 1. The summed E-state index contributed by atoms with van der Waals surface area (Å²) in [4.78, 5) is 12.2. The molecule has 0 saturated heterocycles. The van der Waals surface area contributed by atoms with E-state index >= 15 is 0 Å². The van der Waals surface area contributed by atoms with Crippen LogP contribution in [0.2, 0.25) is 0 Å². The first-order valence-electron chi connectivity index (χ1n) is 6.04. The summed E-state index contributed by atoms with van der Waals surface area (Å²) in [5.74, 6) is -0.937. The van der Waals surface area contributed by atoms with Crippen molar-refractivity contribution >= 4 is 33.2 Å². The Morgan fingerprint density at radius 3 is 2.71 bits per heavy atom. The summed E-state index contributed by atoms with van der Waals surface area (Å²) in [6, 6.07) is 11.1. The minimum atomic E-state index is -0.496. The predicted octanol–water partition coefficient (Wildman–Crippen LogP) is 3.75. The molecular formula is C15H11BrFN3O. The summed E-state index contributed by atoms with van der Waals surface area (Å²) in [5.41, 5.74) is 1.32. The first-order valence-corrected chi connectivity index (χ1v) is 6.83. The van der Waals surface area contributed by atoms with Crippen molar-refractivity contribution in [2.45, 2.75) is 0 Å². The summed E-state index contributed by atoms with van der Waals surface area (Å²) in [6.45, 7) is 0. The lowest BCUT2D eigenvalue weighted by molar-refractivity contribution is 0.102. The fourth-order valence-corrected chi connectivity index (χ4v) is 2.32. The Bertz CT molecular complexity index is 740. The molecule has 106 valence electrons. The highest BCUT2D eigenvalue weighted by Gasteiger charge is 2.15. The van der Waals surface area contributed by atoms with Gasteiger partial charge in [0.15, 0.2) is 0 Å². The van der Waals surface area contributed by atoms with Crippen molar-refractivity contribution < 1.29 is 9.18 Å². The van der Waals surface area contributed by atoms with Crippen LogP contribution >= 0.6 is 15.9 Å². The van der Waals surface area contributed by atoms with Gasteiger partial charge in [-0.15, -0.1) is 0 Å². The maximum atomic E-state index is 13.6. The number of rotatable bonds is 3. The topological polar surface area (TPSA) is 64.9 Å². The molecule has 2 aromatic rings. The van der Waals surface area contributed by atoms with Gasteiger partial charge in [0.25, 0.3) is 5.91 Å².